The molecular formula is C15H10Cl3N3OS. The van der Waals surface area contributed by atoms with E-state index in [0.29, 0.717) is 32.2 Å². The molecule has 3 aromatic rings. The van der Waals surface area contributed by atoms with Crippen molar-refractivity contribution in [1.82, 2.24) is 9.78 Å². The number of thiophene rings is 1. The number of benzene rings is 1. The normalized spacial score (nSPS) is 10.7. The van der Waals surface area contributed by atoms with Crippen LogP contribution >= 0.6 is 46.1 Å². The van der Waals surface area contributed by atoms with Gasteiger partial charge in [0.15, 0.2) is 0 Å². The van der Waals surface area contributed by atoms with Gasteiger partial charge in [0.1, 0.15) is 0 Å². The zero-order valence-electron chi connectivity index (χ0n) is 11.6. The van der Waals surface area contributed by atoms with Crippen molar-refractivity contribution >= 4 is 57.7 Å². The van der Waals surface area contributed by atoms with Crippen LogP contribution in [0.5, 0.6) is 0 Å². The van der Waals surface area contributed by atoms with E-state index in [9.17, 15) is 4.79 Å². The van der Waals surface area contributed by atoms with Crippen LogP contribution in [-0.2, 0) is 6.54 Å². The highest BCUT2D eigenvalue weighted by molar-refractivity contribution is 7.12. The summed E-state index contributed by atoms with van der Waals surface area (Å²) in [6.07, 6.45) is 3.30. The van der Waals surface area contributed by atoms with Crippen LogP contribution < -0.4 is 5.32 Å². The molecule has 0 saturated carbocycles. The van der Waals surface area contributed by atoms with E-state index in [1.807, 2.05) is 11.4 Å². The molecule has 118 valence electrons. The number of hydrogen-bond donors (Lipinski definition) is 1. The average Bonchev–Trinajstić information content (AvgIpc) is 3.12. The largest absolute Gasteiger partial charge is 0.320 e. The number of anilines is 1. The molecule has 0 aliphatic carbocycles. The van der Waals surface area contributed by atoms with Gasteiger partial charge in [0, 0.05) is 11.2 Å². The predicted molar refractivity (Wildman–Crippen MR) is 95.1 cm³/mol. The van der Waals surface area contributed by atoms with E-state index in [0.717, 1.165) is 5.56 Å². The lowest BCUT2D eigenvalue weighted by Gasteiger charge is -2.06. The van der Waals surface area contributed by atoms with Gasteiger partial charge in [0.25, 0.3) is 5.91 Å². The second-order valence-corrected chi connectivity index (χ2v) is 6.94. The van der Waals surface area contributed by atoms with Crippen molar-refractivity contribution in [2.75, 3.05) is 5.32 Å². The van der Waals surface area contributed by atoms with Crippen molar-refractivity contribution in [3.8, 4) is 0 Å². The van der Waals surface area contributed by atoms with Crippen LogP contribution in [0, 0.1) is 0 Å². The highest BCUT2D eigenvalue weighted by atomic mass is 35.5. The third-order valence-corrected chi connectivity index (χ3v) is 4.72. The number of carbonyl (C=O) groups is 1. The molecule has 0 fully saturated rings. The monoisotopic (exact) mass is 385 g/mol. The number of hydrogen-bond acceptors (Lipinski definition) is 3. The second-order valence-electron chi connectivity index (χ2n) is 4.75. The number of aromatic nitrogens is 2. The summed E-state index contributed by atoms with van der Waals surface area (Å²) in [7, 11) is 0. The van der Waals surface area contributed by atoms with E-state index < -0.39 is 0 Å². The molecule has 0 saturated heterocycles. The molecule has 0 atom stereocenters. The Bertz CT molecular complexity index is 859. The maximum atomic E-state index is 12.3. The number of nitrogens with zero attached hydrogens (tertiary/aromatic N) is 2. The van der Waals surface area contributed by atoms with Gasteiger partial charge in [-0.1, -0.05) is 34.8 Å². The van der Waals surface area contributed by atoms with Crippen LogP contribution in [0.1, 0.15) is 15.2 Å². The minimum Gasteiger partial charge on any atom is -0.320 e. The number of halogens is 3. The molecule has 0 radical (unpaired) electrons. The Balaban J connectivity index is 1.70. The first-order valence-corrected chi connectivity index (χ1v) is 8.54. The Kier molecular flexibility index (Phi) is 4.92. The maximum absolute atomic E-state index is 12.3. The molecule has 1 amide bonds. The van der Waals surface area contributed by atoms with Gasteiger partial charge in [0.2, 0.25) is 0 Å². The van der Waals surface area contributed by atoms with E-state index in [1.165, 1.54) is 11.3 Å². The number of nitrogens with one attached hydrogen (secondary N) is 1. The first-order chi connectivity index (χ1) is 11.0. The molecule has 0 aliphatic heterocycles. The molecule has 0 spiro atoms. The minimum atomic E-state index is -0.219. The lowest BCUT2D eigenvalue weighted by Crippen LogP contribution is -2.10. The molecule has 1 N–H and O–H groups in total. The molecule has 3 rings (SSSR count). The number of rotatable bonds is 4. The van der Waals surface area contributed by atoms with E-state index in [1.54, 1.807) is 35.3 Å². The fourth-order valence-electron chi connectivity index (χ4n) is 1.96. The third-order valence-electron chi connectivity index (χ3n) is 3.00. The fraction of sp³-hybridized carbons (Fsp3) is 0.0667. The summed E-state index contributed by atoms with van der Waals surface area (Å²) in [5, 5.41) is 10.3. The molecule has 23 heavy (non-hydrogen) atoms. The SMILES string of the molecule is O=C(Nc1ccc(Cl)cc1Cl)c1cc(Cn2cc(Cl)cn2)cs1. The van der Waals surface area contributed by atoms with E-state index in [-0.39, 0.29) is 5.91 Å². The molecule has 0 unspecified atom stereocenters. The average molecular weight is 387 g/mol. The number of amides is 1. The zero-order chi connectivity index (χ0) is 16.4. The molecular weight excluding hydrogens is 377 g/mol. The molecule has 8 heteroatoms. The van der Waals surface area contributed by atoms with Gasteiger partial charge < -0.3 is 5.32 Å². The van der Waals surface area contributed by atoms with Crippen molar-refractivity contribution in [2.24, 2.45) is 0 Å². The molecule has 0 aliphatic rings. The van der Waals surface area contributed by atoms with E-state index in [2.05, 4.69) is 10.4 Å². The lowest BCUT2D eigenvalue weighted by atomic mass is 10.3. The summed E-state index contributed by atoms with van der Waals surface area (Å²) in [5.74, 6) is -0.219. The summed E-state index contributed by atoms with van der Waals surface area (Å²) in [5.41, 5.74) is 1.50. The highest BCUT2D eigenvalue weighted by Crippen LogP contribution is 2.26. The first-order valence-electron chi connectivity index (χ1n) is 6.53. The molecule has 0 bridgehead atoms. The van der Waals surface area contributed by atoms with E-state index >= 15 is 0 Å². The van der Waals surface area contributed by atoms with Gasteiger partial charge in [-0.25, -0.2) is 0 Å². The van der Waals surface area contributed by atoms with Crippen molar-refractivity contribution in [1.29, 1.82) is 0 Å². The van der Waals surface area contributed by atoms with Crippen LogP contribution in [0.25, 0.3) is 0 Å². The van der Waals surface area contributed by atoms with Crippen molar-refractivity contribution < 1.29 is 4.79 Å². The topological polar surface area (TPSA) is 46.9 Å². The van der Waals surface area contributed by atoms with Gasteiger partial charge in [-0.3, -0.25) is 9.48 Å². The Labute approximate surface area is 151 Å². The standard InChI is InChI=1S/C15H10Cl3N3OS/c16-10-1-2-13(12(18)4-10)20-15(22)14-3-9(8-23-14)6-21-7-11(17)5-19-21/h1-5,7-8H,6H2,(H,20,22). The van der Waals surface area contributed by atoms with Gasteiger partial charge in [-0.05, 0) is 35.2 Å². The Morgan fingerprint density at radius 2 is 2.04 bits per heavy atom. The Morgan fingerprint density at radius 3 is 2.74 bits per heavy atom. The smallest absolute Gasteiger partial charge is 0.265 e. The van der Waals surface area contributed by atoms with Crippen LogP contribution in [-0.4, -0.2) is 15.7 Å². The second kappa shape index (κ2) is 6.93. The Morgan fingerprint density at radius 1 is 1.22 bits per heavy atom. The number of carbonyl (C=O) groups excluding carboxylic acids is 1. The summed E-state index contributed by atoms with van der Waals surface area (Å²) >= 11 is 19.1. The molecule has 1 aromatic carbocycles. The summed E-state index contributed by atoms with van der Waals surface area (Å²) in [4.78, 5) is 12.9. The molecule has 2 heterocycles. The van der Waals surface area contributed by atoms with Crippen LogP contribution in [0.2, 0.25) is 15.1 Å². The molecule has 4 nitrogen and oxygen atoms in total. The van der Waals surface area contributed by atoms with Gasteiger partial charge >= 0.3 is 0 Å². The zero-order valence-corrected chi connectivity index (χ0v) is 14.7. The molecule has 2 aromatic heterocycles. The van der Waals surface area contributed by atoms with Crippen LogP contribution in [0.3, 0.4) is 0 Å². The quantitative estimate of drug-likeness (QED) is 0.669. The first kappa shape index (κ1) is 16.3. The highest BCUT2D eigenvalue weighted by Gasteiger charge is 2.12. The van der Waals surface area contributed by atoms with Crippen molar-refractivity contribution in [2.45, 2.75) is 6.54 Å². The van der Waals surface area contributed by atoms with Gasteiger partial charge in [-0.2, -0.15) is 5.10 Å². The fourth-order valence-corrected chi connectivity index (χ4v) is 3.37. The summed E-state index contributed by atoms with van der Waals surface area (Å²) < 4.78 is 1.71. The van der Waals surface area contributed by atoms with Crippen LogP contribution in [0.4, 0.5) is 5.69 Å². The predicted octanol–water partition coefficient (Wildman–Crippen LogP) is 5.21. The van der Waals surface area contributed by atoms with Crippen LogP contribution in [0.15, 0.2) is 42.0 Å². The van der Waals surface area contributed by atoms with Gasteiger partial charge in [-0.15, -0.1) is 11.3 Å². The third kappa shape index (κ3) is 4.06. The lowest BCUT2D eigenvalue weighted by molar-refractivity contribution is 0.103. The minimum absolute atomic E-state index is 0.219. The summed E-state index contributed by atoms with van der Waals surface area (Å²) in [6.45, 7) is 0.554. The van der Waals surface area contributed by atoms with Gasteiger partial charge in [0.05, 0.1) is 33.4 Å². The van der Waals surface area contributed by atoms with Crippen molar-refractivity contribution in [3.63, 3.8) is 0 Å². The van der Waals surface area contributed by atoms with Crippen molar-refractivity contribution in [3.05, 3.63) is 67.5 Å². The Hall–Kier alpha value is -1.53. The van der Waals surface area contributed by atoms with E-state index in [4.69, 9.17) is 34.8 Å². The summed E-state index contributed by atoms with van der Waals surface area (Å²) in [6, 6.07) is 6.74. The maximum Gasteiger partial charge on any atom is 0.265 e.